The molecule has 0 unspecified atom stereocenters. The van der Waals surface area contributed by atoms with Crippen LogP contribution in [0.15, 0.2) is 42.9 Å². The number of aromatic amines is 1. The van der Waals surface area contributed by atoms with Gasteiger partial charge in [-0.15, -0.1) is 0 Å². The molecule has 2 aromatic carbocycles. The first kappa shape index (κ1) is 21.9. The molecule has 0 fully saturated rings. The Morgan fingerprint density at radius 2 is 1.97 bits per heavy atom. The van der Waals surface area contributed by atoms with Crippen molar-refractivity contribution in [1.82, 2.24) is 20.2 Å². The number of amides is 1. The van der Waals surface area contributed by atoms with Gasteiger partial charge in [-0.3, -0.25) is 9.89 Å². The number of nitrogens with one attached hydrogen (secondary N) is 2. The highest BCUT2D eigenvalue weighted by molar-refractivity contribution is 5.95. The number of anilines is 2. The van der Waals surface area contributed by atoms with Crippen molar-refractivity contribution in [3.8, 4) is 11.1 Å². The Morgan fingerprint density at radius 3 is 2.71 bits per heavy atom. The van der Waals surface area contributed by atoms with Gasteiger partial charge in [0.15, 0.2) is 0 Å². The van der Waals surface area contributed by atoms with Gasteiger partial charge < -0.3 is 16.0 Å². The van der Waals surface area contributed by atoms with Gasteiger partial charge in [0.25, 0.3) is 0 Å². The standard InChI is InChI=1S/C26H29N7O/c1-15-9-18(22-12-30-32-16(22)2)11-21-23(15)28-14-29-24(21)33-8-7-17-5-6-20(10-19(17)13-33)31-26(3,4)25(27)34/h5-6,9-12,14,31H,7-8,13H2,1-4H3,(H2,27,34)(H,30,32). The number of benzene rings is 2. The van der Waals surface area contributed by atoms with Gasteiger partial charge in [0.2, 0.25) is 5.91 Å². The van der Waals surface area contributed by atoms with E-state index in [0.717, 1.165) is 64.3 Å². The summed E-state index contributed by atoms with van der Waals surface area (Å²) in [4.78, 5) is 23.4. The second-order valence-corrected chi connectivity index (χ2v) is 9.56. The quantitative estimate of drug-likeness (QED) is 0.421. The highest BCUT2D eigenvalue weighted by atomic mass is 16.1. The highest BCUT2D eigenvalue weighted by Crippen LogP contribution is 2.34. The van der Waals surface area contributed by atoms with Gasteiger partial charge >= 0.3 is 0 Å². The summed E-state index contributed by atoms with van der Waals surface area (Å²) in [7, 11) is 0. The number of carbonyl (C=O) groups is 1. The third-order valence-corrected chi connectivity index (χ3v) is 6.64. The Morgan fingerprint density at radius 1 is 1.15 bits per heavy atom. The molecule has 1 aliphatic rings. The Hall–Kier alpha value is -3.94. The molecule has 5 rings (SSSR count). The predicted molar refractivity (Wildman–Crippen MR) is 135 cm³/mol. The minimum Gasteiger partial charge on any atom is -0.372 e. The maximum Gasteiger partial charge on any atom is 0.242 e. The molecule has 0 saturated carbocycles. The molecule has 4 N–H and O–H groups in total. The lowest BCUT2D eigenvalue weighted by molar-refractivity contribution is -0.121. The van der Waals surface area contributed by atoms with Crippen molar-refractivity contribution in [3.05, 3.63) is 65.2 Å². The molecule has 0 aliphatic carbocycles. The van der Waals surface area contributed by atoms with Crippen LogP contribution in [-0.4, -0.2) is 38.2 Å². The van der Waals surface area contributed by atoms with Gasteiger partial charge in [-0.2, -0.15) is 5.10 Å². The number of fused-ring (bicyclic) bond motifs is 2. The van der Waals surface area contributed by atoms with Gasteiger partial charge in [-0.05, 0) is 80.6 Å². The van der Waals surface area contributed by atoms with E-state index in [1.807, 2.05) is 19.2 Å². The second kappa shape index (κ2) is 8.13. The maximum atomic E-state index is 11.8. The molecule has 1 amide bonds. The molecule has 8 nitrogen and oxygen atoms in total. The number of nitrogens with two attached hydrogens (primary N) is 1. The topological polar surface area (TPSA) is 113 Å². The van der Waals surface area contributed by atoms with Gasteiger partial charge in [0, 0.05) is 35.4 Å². The smallest absolute Gasteiger partial charge is 0.242 e. The molecule has 0 saturated heterocycles. The van der Waals surface area contributed by atoms with E-state index in [4.69, 9.17) is 10.7 Å². The van der Waals surface area contributed by atoms with E-state index < -0.39 is 11.4 Å². The van der Waals surface area contributed by atoms with Gasteiger partial charge in [0.1, 0.15) is 17.7 Å². The van der Waals surface area contributed by atoms with E-state index in [1.54, 1.807) is 20.2 Å². The number of carbonyl (C=O) groups excluding carboxylic acids is 1. The summed E-state index contributed by atoms with van der Waals surface area (Å²) >= 11 is 0. The molecular weight excluding hydrogens is 426 g/mol. The molecular formula is C26H29N7O. The summed E-state index contributed by atoms with van der Waals surface area (Å²) in [5.41, 5.74) is 13.4. The molecule has 34 heavy (non-hydrogen) atoms. The number of aryl methyl sites for hydroxylation is 2. The average Bonchev–Trinajstić information content (AvgIpc) is 3.23. The number of rotatable bonds is 5. The number of nitrogens with zero attached hydrogens (tertiary/aromatic N) is 4. The Kier molecular flexibility index (Phi) is 5.23. The van der Waals surface area contributed by atoms with Crippen molar-refractivity contribution in [2.75, 3.05) is 16.8 Å². The van der Waals surface area contributed by atoms with Gasteiger partial charge in [0.05, 0.1) is 11.7 Å². The Balaban J connectivity index is 1.52. The fraction of sp³-hybridized carbons (Fsp3) is 0.308. The zero-order chi connectivity index (χ0) is 24.0. The summed E-state index contributed by atoms with van der Waals surface area (Å²) in [6.45, 7) is 9.28. The summed E-state index contributed by atoms with van der Waals surface area (Å²) < 4.78 is 0. The maximum absolute atomic E-state index is 11.8. The van der Waals surface area contributed by atoms with E-state index in [1.165, 1.54) is 11.1 Å². The predicted octanol–water partition coefficient (Wildman–Crippen LogP) is 3.88. The summed E-state index contributed by atoms with van der Waals surface area (Å²) in [6, 6.07) is 10.6. The van der Waals surface area contributed by atoms with E-state index in [-0.39, 0.29) is 0 Å². The number of hydrogen-bond acceptors (Lipinski definition) is 6. The van der Waals surface area contributed by atoms with Crippen molar-refractivity contribution >= 4 is 28.3 Å². The molecule has 0 atom stereocenters. The van der Waals surface area contributed by atoms with Crippen molar-refractivity contribution in [2.24, 2.45) is 5.73 Å². The molecule has 0 bridgehead atoms. The molecule has 4 aromatic rings. The van der Waals surface area contributed by atoms with Gasteiger partial charge in [-0.1, -0.05) is 6.07 Å². The summed E-state index contributed by atoms with van der Waals surface area (Å²) in [6.07, 6.45) is 4.43. The van der Waals surface area contributed by atoms with E-state index in [9.17, 15) is 4.79 Å². The Bertz CT molecular complexity index is 1410. The third kappa shape index (κ3) is 3.85. The van der Waals surface area contributed by atoms with Crippen LogP contribution in [0.1, 0.15) is 36.2 Å². The van der Waals surface area contributed by atoms with Gasteiger partial charge in [-0.25, -0.2) is 9.97 Å². The first-order valence-corrected chi connectivity index (χ1v) is 11.4. The number of H-pyrrole nitrogens is 1. The van der Waals surface area contributed by atoms with Crippen LogP contribution in [-0.2, 0) is 17.8 Å². The van der Waals surface area contributed by atoms with Crippen LogP contribution >= 0.6 is 0 Å². The molecule has 0 radical (unpaired) electrons. The van der Waals surface area contributed by atoms with Crippen LogP contribution in [0, 0.1) is 13.8 Å². The molecule has 3 heterocycles. The summed E-state index contributed by atoms with van der Waals surface area (Å²) in [5.74, 6) is 0.538. The molecule has 174 valence electrons. The number of hydrogen-bond donors (Lipinski definition) is 3. The van der Waals surface area contributed by atoms with Crippen LogP contribution < -0.4 is 16.0 Å². The minimum atomic E-state index is -0.829. The van der Waals surface area contributed by atoms with Crippen LogP contribution in [0.3, 0.4) is 0 Å². The molecule has 1 aliphatic heterocycles. The fourth-order valence-corrected chi connectivity index (χ4v) is 4.62. The highest BCUT2D eigenvalue weighted by Gasteiger charge is 2.26. The summed E-state index contributed by atoms with van der Waals surface area (Å²) in [5, 5.41) is 11.5. The van der Waals surface area contributed by atoms with E-state index in [0.29, 0.717) is 0 Å². The molecule has 8 heteroatoms. The lowest BCUT2D eigenvalue weighted by Crippen LogP contribution is -2.45. The zero-order valence-electron chi connectivity index (χ0n) is 19.9. The van der Waals surface area contributed by atoms with Crippen LogP contribution in [0.2, 0.25) is 0 Å². The van der Waals surface area contributed by atoms with Crippen LogP contribution in [0.4, 0.5) is 11.5 Å². The van der Waals surface area contributed by atoms with E-state index in [2.05, 4.69) is 56.6 Å². The fourth-order valence-electron chi connectivity index (χ4n) is 4.62. The first-order chi connectivity index (χ1) is 16.2. The first-order valence-electron chi connectivity index (χ1n) is 11.4. The van der Waals surface area contributed by atoms with Crippen LogP contribution in [0.25, 0.3) is 22.0 Å². The monoisotopic (exact) mass is 455 g/mol. The largest absolute Gasteiger partial charge is 0.372 e. The van der Waals surface area contributed by atoms with Crippen molar-refractivity contribution in [1.29, 1.82) is 0 Å². The zero-order valence-corrected chi connectivity index (χ0v) is 19.9. The normalized spacial score (nSPS) is 13.7. The minimum absolute atomic E-state index is 0.390. The number of aromatic nitrogens is 4. The van der Waals surface area contributed by atoms with Crippen molar-refractivity contribution in [2.45, 2.75) is 46.2 Å². The lowest BCUT2D eigenvalue weighted by Gasteiger charge is -2.32. The molecule has 2 aromatic heterocycles. The average molecular weight is 456 g/mol. The SMILES string of the molecule is Cc1[nH]ncc1-c1cc(C)c2ncnc(N3CCc4ccc(NC(C)(C)C(N)=O)cc4C3)c2c1. The van der Waals surface area contributed by atoms with E-state index >= 15 is 0 Å². The lowest BCUT2D eigenvalue weighted by atomic mass is 9.97. The second-order valence-electron chi connectivity index (χ2n) is 9.56. The third-order valence-electron chi connectivity index (χ3n) is 6.64. The van der Waals surface area contributed by atoms with Crippen molar-refractivity contribution < 1.29 is 4.79 Å². The Labute approximate surface area is 198 Å². The van der Waals surface area contributed by atoms with Crippen molar-refractivity contribution in [3.63, 3.8) is 0 Å². The number of primary amides is 1. The van der Waals surface area contributed by atoms with Crippen LogP contribution in [0.5, 0.6) is 0 Å². The molecule has 0 spiro atoms.